The Bertz CT molecular complexity index is 447. The number of nitrogens with zero attached hydrogens (tertiary/aromatic N) is 1. The number of halogens is 1. The number of rotatable bonds is 1. The number of fused-ring (bicyclic) bond motifs is 1. The fourth-order valence-corrected chi connectivity index (χ4v) is 2.58. The van der Waals surface area contributed by atoms with Crippen molar-refractivity contribution in [2.45, 2.75) is 20.3 Å². The average Bonchev–Trinajstić information content (AvgIpc) is 2.55. The number of benzene rings is 1. The van der Waals surface area contributed by atoms with Gasteiger partial charge in [0.15, 0.2) is 0 Å². The van der Waals surface area contributed by atoms with Crippen LogP contribution in [0.15, 0.2) is 16.6 Å². The van der Waals surface area contributed by atoms with Crippen LogP contribution in [0.5, 0.6) is 0 Å². The van der Waals surface area contributed by atoms with Crippen LogP contribution in [0.2, 0.25) is 0 Å². The molecule has 0 atom stereocenters. The first-order chi connectivity index (χ1) is 6.22. The number of hydrogen-bond donors (Lipinski definition) is 0. The van der Waals surface area contributed by atoms with Crippen molar-refractivity contribution in [1.82, 2.24) is 4.98 Å². The van der Waals surface area contributed by atoms with Crippen LogP contribution < -0.4 is 0 Å². The molecule has 0 fully saturated rings. The smallest absolute Gasteiger partial charge is 0.0935 e. The Balaban J connectivity index is 2.76. The van der Waals surface area contributed by atoms with Gasteiger partial charge in [-0.3, -0.25) is 0 Å². The van der Waals surface area contributed by atoms with Gasteiger partial charge in [0, 0.05) is 4.47 Å². The van der Waals surface area contributed by atoms with E-state index < -0.39 is 0 Å². The first-order valence-electron chi connectivity index (χ1n) is 4.27. The lowest BCUT2D eigenvalue weighted by atomic mass is 10.2. The zero-order valence-electron chi connectivity index (χ0n) is 7.60. The highest BCUT2D eigenvalue weighted by Gasteiger charge is 2.06. The average molecular weight is 256 g/mol. The summed E-state index contributed by atoms with van der Waals surface area (Å²) in [5.41, 5.74) is 2.39. The normalized spacial score (nSPS) is 11.0. The molecule has 0 N–H and O–H groups in total. The maximum atomic E-state index is 4.58. The van der Waals surface area contributed by atoms with E-state index in [1.165, 1.54) is 15.3 Å². The molecule has 2 aromatic rings. The summed E-state index contributed by atoms with van der Waals surface area (Å²) < 4.78 is 2.44. The summed E-state index contributed by atoms with van der Waals surface area (Å²) in [6, 6.07) is 4.22. The van der Waals surface area contributed by atoms with Crippen LogP contribution in [-0.4, -0.2) is 4.98 Å². The highest BCUT2D eigenvalue weighted by molar-refractivity contribution is 9.10. The summed E-state index contributed by atoms with van der Waals surface area (Å²) in [5.74, 6) is 0. The van der Waals surface area contributed by atoms with E-state index in [1.54, 1.807) is 11.3 Å². The lowest BCUT2D eigenvalue weighted by Crippen LogP contribution is -1.79. The van der Waals surface area contributed by atoms with Crippen molar-refractivity contribution in [3.8, 4) is 0 Å². The molecule has 3 heteroatoms. The second kappa shape index (κ2) is 3.39. The molecule has 2 rings (SSSR count). The topological polar surface area (TPSA) is 12.9 Å². The predicted octanol–water partition coefficient (Wildman–Crippen LogP) is 3.93. The SMILES string of the molecule is CCc1nc2c(C)c(Br)ccc2s1. The first kappa shape index (κ1) is 9.16. The second-order valence-corrected chi connectivity index (χ2v) is 4.95. The van der Waals surface area contributed by atoms with Crippen LogP contribution in [0.25, 0.3) is 10.2 Å². The van der Waals surface area contributed by atoms with Crippen molar-refractivity contribution in [3.63, 3.8) is 0 Å². The molecule has 1 aromatic carbocycles. The Morgan fingerprint density at radius 3 is 2.92 bits per heavy atom. The van der Waals surface area contributed by atoms with Gasteiger partial charge in [-0.2, -0.15) is 0 Å². The second-order valence-electron chi connectivity index (χ2n) is 2.98. The van der Waals surface area contributed by atoms with Crippen LogP contribution in [0.1, 0.15) is 17.5 Å². The molecule has 0 radical (unpaired) electrons. The maximum Gasteiger partial charge on any atom is 0.0935 e. The quantitative estimate of drug-likeness (QED) is 0.753. The summed E-state index contributed by atoms with van der Waals surface area (Å²) in [5, 5.41) is 1.22. The van der Waals surface area contributed by atoms with E-state index in [0.717, 1.165) is 16.4 Å². The van der Waals surface area contributed by atoms with Gasteiger partial charge in [-0.05, 0) is 31.0 Å². The minimum atomic E-state index is 1.02. The van der Waals surface area contributed by atoms with Gasteiger partial charge >= 0.3 is 0 Å². The molecule has 0 saturated heterocycles. The van der Waals surface area contributed by atoms with Crippen molar-refractivity contribution in [1.29, 1.82) is 0 Å². The highest BCUT2D eigenvalue weighted by Crippen LogP contribution is 2.29. The minimum Gasteiger partial charge on any atom is -0.241 e. The monoisotopic (exact) mass is 255 g/mol. The lowest BCUT2D eigenvalue weighted by Gasteiger charge is -1.96. The van der Waals surface area contributed by atoms with Crippen molar-refractivity contribution in [2.75, 3.05) is 0 Å². The van der Waals surface area contributed by atoms with Gasteiger partial charge in [0.25, 0.3) is 0 Å². The number of aromatic nitrogens is 1. The van der Waals surface area contributed by atoms with Gasteiger partial charge in [-0.1, -0.05) is 22.9 Å². The molecule has 1 aromatic heterocycles. The zero-order chi connectivity index (χ0) is 9.42. The first-order valence-corrected chi connectivity index (χ1v) is 5.88. The van der Waals surface area contributed by atoms with Gasteiger partial charge in [0.05, 0.1) is 15.2 Å². The van der Waals surface area contributed by atoms with E-state index >= 15 is 0 Å². The molecule has 0 saturated carbocycles. The lowest BCUT2D eigenvalue weighted by molar-refractivity contribution is 1.11. The molecular formula is C10H10BrNS. The minimum absolute atomic E-state index is 1.02. The molecule has 0 amide bonds. The van der Waals surface area contributed by atoms with Crippen molar-refractivity contribution in [3.05, 3.63) is 27.2 Å². The van der Waals surface area contributed by atoms with Crippen LogP contribution >= 0.6 is 27.3 Å². The van der Waals surface area contributed by atoms with Crippen LogP contribution in [0.4, 0.5) is 0 Å². The third kappa shape index (κ3) is 1.51. The van der Waals surface area contributed by atoms with Gasteiger partial charge in [0.2, 0.25) is 0 Å². The summed E-state index contributed by atoms with van der Waals surface area (Å²) in [6.45, 7) is 4.24. The van der Waals surface area contributed by atoms with Crippen molar-refractivity contribution >= 4 is 37.5 Å². The molecular weight excluding hydrogens is 246 g/mol. The Morgan fingerprint density at radius 2 is 2.23 bits per heavy atom. The van der Waals surface area contributed by atoms with Gasteiger partial charge in [-0.15, -0.1) is 11.3 Å². The molecule has 0 unspecified atom stereocenters. The molecule has 0 bridgehead atoms. The zero-order valence-corrected chi connectivity index (χ0v) is 10.00. The van der Waals surface area contributed by atoms with Crippen molar-refractivity contribution < 1.29 is 0 Å². The van der Waals surface area contributed by atoms with Crippen molar-refractivity contribution in [2.24, 2.45) is 0 Å². The van der Waals surface area contributed by atoms with E-state index in [2.05, 4.69) is 46.9 Å². The summed E-state index contributed by atoms with van der Waals surface area (Å²) in [6.07, 6.45) is 1.02. The van der Waals surface area contributed by atoms with Gasteiger partial charge in [-0.25, -0.2) is 4.98 Å². The van der Waals surface area contributed by atoms with Crippen LogP contribution in [0.3, 0.4) is 0 Å². The van der Waals surface area contributed by atoms with E-state index in [4.69, 9.17) is 0 Å². The Kier molecular flexibility index (Phi) is 2.39. The Morgan fingerprint density at radius 1 is 1.46 bits per heavy atom. The van der Waals surface area contributed by atoms with E-state index in [9.17, 15) is 0 Å². The van der Waals surface area contributed by atoms with E-state index in [-0.39, 0.29) is 0 Å². The van der Waals surface area contributed by atoms with Gasteiger partial charge < -0.3 is 0 Å². The molecule has 0 aliphatic carbocycles. The summed E-state index contributed by atoms with van der Waals surface area (Å²) in [7, 11) is 0. The highest BCUT2D eigenvalue weighted by atomic mass is 79.9. The standard InChI is InChI=1S/C10H10BrNS/c1-3-9-12-10-6(2)7(11)4-5-8(10)13-9/h4-5H,3H2,1-2H3. The molecule has 13 heavy (non-hydrogen) atoms. The van der Waals surface area contributed by atoms with Gasteiger partial charge in [0.1, 0.15) is 0 Å². The number of thiazole rings is 1. The maximum absolute atomic E-state index is 4.58. The van der Waals surface area contributed by atoms with E-state index in [0.29, 0.717) is 0 Å². The molecule has 0 aliphatic heterocycles. The molecule has 1 nitrogen and oxygen atoms in total. The molecule has 0 spiro atoms. The summed E-state index contributed by atoms with van der Waals surface area (Å²) >= 11 is 5.30. The third-order valence-corrected chi connectivity index (χ3v) is 4.12. The predicted molar refractivity (Wildman–Crippen MR) is 61.4 cm³/mol. The van der Waals surface area contributed by atoms with Crippen LogP contribution in [0, 0.1) is 6.92 Å². The molecule has 68 valence electrons. The largest absolute Gasteiger partial charge is 0.241 e. The van der Waals surface area contributed by atoms with Crippen LogP contribution in [-0.2, 0) is 6.42 Å². The Labute approximate surface area is 89.9 Å². The fourth-order valence-electron chi connectivity index (χ4n) is 1.30. The Hall–Kier alpha value is -0.410. The fraction of sp³-hybridized carbons (Fsp3) is 0.300. The number of aryl methyl sites for hydroxylation is 2. The summed E-state index contributed by atoms with van der Waals surface area (Å²) in [4.78, 5) is 4.58. The number of hydrogen-bond acceptors (Lipinski definition) is 2. The van der Waals surface area contributed by atoms with E-state index in [1.807, 2.05) is 0 Å². The third-order valence-electron chi connectivity index (χ3n) is 2.09. The molecule has 1 heterocycles. The molecule has 0 aliphatic rings.